The van der Waals surface area contributed by atoms with Gasteiger partial charge in [-0.05, 0) is 13.0 Å². The first-order valence-corrected chi connectivity index (χ1v) is 5.95. The molecule has 0 N–H and O–H groups in total. The molecule has 1 heterocycles. The van der Waals surface area contributed by atoms with E-state index in [1.54, 1.807) is 31.3 Å². The minimum atomic E-state index is -1.51. The van der Waals surface area contributed by atoms with Crippen LogP contribution in [0, 0.1) is 0 Å². The van der Waals surface area contributed by atoms with Crippen molar-refractivity contribution in [2.24, 2.45) is 0 Å². The fourth-order valence-corrected chi connectivity index (χ4v) is 2.50. The molecule has 1 aromatic carbocycles. The summed E-state index contributed by atoms with van der Waals surface area (Å²) in [5.74, 6) is -1.18. The van der Waals surface area contributed by atoms with Crippen LogP contribution in [-0.2, 0) is 24.7 Å². The summed E-state index contributed by atoms with van der Waals surface area (Å²) in [5.41, 5.74) is -0.286. The van der Waals surface area contributed by atoms with Gasteiger partial charge in [-0.25, -0.2) is 0 Å². The van der Waals surface area contributed by atoms with E-state index in [1.165, 1.54) is 18.7 Å². The van der Waals surface area contributed by atoms with Gasteiger partial charge in [-0.3, -0.25) is 14.4 Å². The molecule has 1 atom stereocenters. The van der Waals surface area contributed by atoms with Crippen molar-refractivity contribution in [1.82, 2.24) is 0 Å². The zero-order valence-corrected chi connectivity index (χ0v) is 11.1. The van der Waals surface area contributed by atoms with Crippen molar-refractivity contribution in [3.05, 3.63) is 29.8 Å². The highest BCUT2D eigenvalue weighted by molar-refractivity contribution is 6.09. The summed E-state index contributed by atoms with van der Waals surface area (Å²) in [6, 6.07) is 7.02. The predicted molar refractivity (Wildman–Crippen MR) is 68.6 cm³/mol. The minimum absolute atomic E-state index is 0.146. The Morgan fingerprint density at radius 3 is 2.47 bits per heavy atom. The quantitative estimate of drug-likeness (QED) is 0.771. The second-order valence-electron chi connectivity index (χ2n) is 4.68. The molecule has 0 radical (unpaired) electrons. The summed E-state index contributed by atoms with van der Waals surface area (Å²) in [7, 11) is 1.60. The largest absolute Gasteiger partial charge is 0.444 e. The molecule has 100 valence electrons. The number of carbonyl (C=O) groups is 3. The number of anilines is 1. The van der Waals surface area contributed by atoms with Crippen LogP contribution >= 0.6 is 0 Å². The molecule has 0 aliphatic carbocycles. The van der Waals surface area contributed by atoms with Gasteiger partial charge in [0.15, 0.2) is 0 Å². The summed E-state index contributed by atoms with van der Waals surface area (Å²) < 4.78 is 5.27. The number of nitrogens with zero attached hydrogens (tertiary/aromatic N) is 1. The van der Waals surface area contributed by atoms with Gasteiger partial charge in [0.25, 0.3) is 5.91 Å². The van der Waals surface area contributed by atoms with Crippen LogP contribution in [-0.4, -0.2) is 24.7 Å². The number of likely N-dealkylation sites (N-methyl/N-ethyl adjacent to an activating group) is 1. The molecule has 0 unspecified atom stereocenters. The molecule has 0 fully saturated rings. The minimum Gasteiger partial charge on any atom is -0.444 e. The van der Waals surface area contributed by atoms with Crippen LogP contribution in [0.1, 0.15) is 25.8 Å². The highest BCUT2D eigenvalue weighted by atomic mass is 16.6. The fourth-order valence-electron chi connectivity index (χ4n) is 2.50. The van der Waals surface area contributed by atoms with Crippen molar-refractivity contribution in [2.45, 2.75) is 25.9 Å². The summed E-state index contributed by atoms with van der Waals surface area (Å²) in [6.07, 6.45) is -0.146. The molecule has 1 aliphatic rings. The van der Waals surface area contributed by atoms with E-state index in [1.807, 2.05) is 0 Å². The molecule has 1 aliphatic heterocycles. The molecule has 19 heavy (non-hydrogen) atoms. The predicted octanol–water partition coefficient (Wildman–Crippen LogP) is 1.40. The molecule has 2 rings (SSSR count). The monoisotopic (exact) mass is 261 g/mol. The van der Waals surface area contributed by atoms with Gasteiger partial charge in [-0.1, -0.05) is 18.2 Å². The Hall–Kier alpha value is -2.17. The number of hydrogen-bond donors (Lipinski definition) is 0. The van der Waals surface area contributed by atoms with Crippen LogP contribution in [0.25, 0.3) is 0 Å². The standard InChI is InChI=1S/C14H15NO4/c1-9(16)8-14(19-10(2)17)11-6-4-5-7-12(11)15(3)13(14)18/h4-7H,8H2,1-3H3/t14-/m0/s1. The number of ether oxygens (including phenoxy) is 1. The van der Waals surface area contributed by atoms with E-state index in [-0.39, 0.29) is 18.1 Å². The Bertz CT molecular complexity index is 548. The Morgan fingerprint density at radius 1 is 1.26 bits per heavy atom. The third-order valence-electron chi connectivity index (χ3n) is 3.17. The first kappa shape index (κ1) is 13.3. The number of para-hydroxylation sites is 1. The normalized spacial score (nSPS) is 21.2. The van der Waals surface area contributed by atoms with Crippen molar-refractivity contribution < 1.29 is 19.1 Å². The number of rotatable bonds is 3. The lowest BCUT2D eigenvalue weighted by atomic mass is 9.90. The molecule has 5 nitrogen and oxygen atoms in total. The number of ketones is 1. The zero-order chi connectivity index (χ0) is 14.2. The smallest absolute Gasteiger partial charge is 0.304 e. The second-order valence-corrected chi connectivity index (χ2v) is 4.68. The van der Waals surface area contributed by atoms with Crippen molar-refractivity contribution >= 4 is 23.3 Å². The van der Waals surface area contributed by atoms with Gasteiger partial charge in [0.1, 0.15) is 5.78 Å². The second kappa shape index (κ2) is 4.50. The number of benzene rings is 1. The van der Waals surface area contributed by atoms with E-state index in [0.717, 1.165) is 0 Å². The lowest BCUT2D eigenvalue weighted by Crippen LogP contribution is -2.43. The summed E-state index contributed by atoms with van der Waals surface area (Å²) in [4.78, 5) is 36.7. The van der Waals surface area contributed by atoms with Gasteiger partial charge >= 0.3 is 5.97 Å². The molecule has 0 spiro atoms. The van der Waals surface area contributed by atoms with E-state index >= 15 is 0 Å². The van der Waals surface area contributed by atoms with Crippen LogP contribution in [0.4, 0.5) is 5.69 Å². The number of amides is 1. The molecular formula is C14H15NO4. The van der Waals surface area contributed by atoms with E-state index in [0.29, 0.717) is 11.3 Å². The van der Waals surface area contributed by atoms with Crippen molar-refractivity contribution in [3.63, 3.8) is 0 Å². The van der Waals surface area contributed by atoms with Gasteiger partial charge < -0.3 is 9.64 Å². The van der Waals surface area contributed by atoms with Gasteiger partial charge in [0.05, 0.1) is 12.1 Å². The van der Waals surface area contributed by atoms with Crippen molar-refractivity contribution in [3.8, 4) is 0 Å². The number of carbonyl (C=O) groups excluding carboxylic acids is 3. The Kier molecular flexibility index (Phi) is 3.14. The maximum Gasteiger partial charge on any atom is 0.304 e. The van der Waals surface area contributed by atoms with Crippen LogP contribution in [0.15, 0.2) is 24.3 Å². The SMILES string of the molecule is CC(=O)C[C@@]1(OC(C)=O)C(=O)N(C)c2ccccc21. The molecule has 0 bridgehead atoms. The third-order valence-corrected chi connectivity index (χ3v) is 3.17. The molecule has 5 heteroatoms. The topological polar surface area (TPSA) is 63.7 Å². The van der Waals surface area contributed by atoms with Crippen LogP contribution in [0.3, 0.4) is 0 Å². The first-order chi connectivity index (χ1) is 8.88. The van der Waals surface area contributed by atoms with Crippen molar-refractivity contribution in [1.29, 1.82) is 0 Å². The van der Waals surface area contributed by atoms with Gasteiger partial charge in [-0.15, -0.1) is 0 Å². The zero-order valence-electron chi connectivity index (χ0n) is 11.1. The highest BCUT2D eigenvalue weighted by Gasteiger charge is 2.53. The molecule has 0 aromatic heterocycles. The summed E-state index contributed by atoms with van der Waals surface area (Å²) in [6.45, 7) is 2.61. The fraction of sp³-hybridized carbons (Fsp3) is 0.357. The molecule has 0 saturated carbocycles. The van der Waals surface area contributed by atoms with Gasteiger partial charge in [0.2, 0.25) is 5.60 Å². The molecule has 0 saturated heterocycles. The Labute approximate surface area is 111 Å². The average molecular weight is 261 g/mol. The van der Waals surface area contributed by atoms with E-state index < -0.39 is 11.6 Å². The first-order valence-electron chi connectivity index (χ1n) is 5.95. The van der Waals surface area contributed by atoms with Crippen molar-refractivity contribution in [2.75, 3.05) is 11.9 Å². The maximum absolute atomic E-state index is 12.5. The Morgan fingerprint density at radius 2 is 1.89 bits per heavy atom. The van der Waals surface area contributed by atoms with E-state index in [9.17, 15) is 14.4 Å². The van der Waals surface area contributed by atoms with Crippen LogP contribution < -0.4 is 4.90 Å². The third kappa shape index (κ3) is 2.01. The summed E-state index contributed by atoms with van der Waals surface area (Å²) in [5, 5.41) is 0. The van der Waals surface area contributed by atoms with E-state index in [4.69, 9.17) is 4.74 Å². The number of esters is 1. The lowest BCUT2D eigenvalue weighted by Gasteiger charge is -2.26. The molecular weight excluding hydrogens is 246 g/mol. The maximum atomic E-state index is 12.5. The molecule has 1 amide bonds. The molecule has 1 aromatic rings. The number of fused-ring (bicyclic) bond motifs is 1. The lowest BCUT2D eigenvalue weighted by molar-refractivity contribution is -0.167. The number of Topliss-reactive ketones (excluding diaryl/α,β-unsaturated/α-hetero) is 1. The van der Waals surface area contributed by atoms with E-state index in [2.05, 4.69) is 0 Å². The van der Waals surface area contributed by atoms with Crippen LogP contribution in [0.5, 0.6) is 0 Å². The highest BCUT2D eigenvalue weighted by Crippen LogP contribution is 2.44. The van der Waals surface area contributed by atoms with Gasteiger partial charge in [0, 0.05) is 19.5 Å². The number of hydrogen-bond acceptors (Lipinski definition) is 4. The summed E-state index contributed by atoms with van der Waals surface area (Å²) >= 11 is 0. The van der Waals surface area contributed by atoms with Gasteiger partial charge in [-0.2, -0.15) is 0 Å². The van der Waals surface area contributed by atoms with Crippen LogP contribution in [0.2, 0.25) is 0 Å². The average Bonchev–Trinajstić information content (AvgIpc) is 2.52. The Balaban J connectivity index is 2.62.